The minimum absolute atomic E-state index is 0.107. The number of amides is 2. The zero-order chi connectivity index (χ0) is 15.6. The van der Waals surface area contributed by atoms with Crippen LogP contribution < -0.4 is 0 Å². The average molecular weight is 350 g/mol. The van der Waals surface area contributed by atoms with Crippen molar-refractivity contribution in [3.8, 4) is 0 Å². The van der Waals surface area contributed by atoms with Gasteiger partial charge in [-0.2, -0.15) is 0 Å². The fraction of sp³-hybridized carbons (Fsp3) is 0.429. The molecule has 1 unspecified atom stereocenters. The maximum Gasteiger partial charge on any atom is 0.255 e. The van der Waals surface area contributed by atoms with Crippen molar-refractivity contribution in [2.45, 2.75) is 12.3 Å². The zero-order valence-electron chi connectivity index (χ0n) is 11.5. The van der Waals surface area contributed by atoms with Gasteiger partial charge >= 0.3 is 0 Å². The van der Waals surface area contributed by atoms with Crippen LogP contribution in [0.4, 0.5) is 0 Å². The minimum Gasteiger partial charge on any atom is -0.338 e. The number of carbonyl (C=O) groups excluding carboxylic acids is 2. The lowest BCUT2D eigenvalue weighted by Crippen LogP contribution is -2.52. The van der Waals surface area contributed by atoms with E-state index in [1.165, 1.54) is 0 Å². The molecule has 1 aromatic carbocycles. The van der Waals surface area contributed by atoms with E-state index in [0.29, 0.717) is 41.8 Å². The summed E-state index contributed by atoms with van der Waals surface area (Å²) in [6.45, 7) is 3.50. The molecule has 1 aliphatic heterocycles. The van der Waals surface area contributed by atoms with Crippen LogP contribution in [0.25, 0.3) is 0 Å². The first-order chi connectivity index (χ1) is 9.90. The van der Waals surface area contributed by atoms with Crippen molar-refractivity contribution in [2.24, 2.45) is 0 Å². The first-order valence-electron chi connectivity index (χ1n) is 6.57. The molecule has 2 rings (SSSR count). The van der Waals surface area contributed by atoms with Crippen molar-refractivity contribution in [2.75, 3.05) is 26.2 Å². The predicted molar refractivity (Wildman–Crippen MR) is 84.3 cm³/mol. The third kappa shape index (κ3) is 3.82. The molecule has 4 nitrogen and oxygen atoms in total. The number of alkyl halides is 1. The number of hydrogen-bond acceptors (Lipinski definition) is 2. The molecular weight excluding hydrogens is 335 g/mol. The average Bonchev–Trinajstić information content (AvgIpc) is 2.48. The quantitative estimate of drug-likeness (QED) is 0.770. The second-order valence-electron chi connectivity index (χ2n) is 4.86. The summed E-state index contributed by atoms with van der Waals surface area (Å²) < 4.78 is 0. The molecule has 21 heavy (non-hydrogen) atoms. The lowest BCUT2D eigenvalue weighted by Gasteiger charge is -2.35. The Kier molecular flexibility index (Phi) is 5.36. The van der Waals surface area contributed by atoms with Gasteiger partial charge in [0.05, 0.1) is 10.6 Å². The SMILES string of the molecule is CC(Cl)C(=O)N1CCN(C(=O)c2cc(Cl)ccc2Cl)CC1. The van der Waals surface area contributed by atoms with Gasteiger partial charge in [-0.15, -0.1) is 11.6 Å². The topological polar surface area (TPSA) is 40.6 Å². The summed E-state index contributed by atoms with van der Waals surface area (Å²) in [5.74, 6) is -0.280. The molecule has 1 aliphatic rings. The summed E-state index contributed by atoms with van der Waals surface area (Å²) in [4.78, 5) is 27.6. The van der Waals surface area contributed by atoms with Crippen LogP contribution in [-0.2, 0) is 4.79 Å². The smallest absolute Gasteiger partial charge is 0.255 e. The molecule has 2 amide bonds. The first-order valence-corrected chi connectivity index (χ1v) is 7.76. The molecule has 0 aliphatic carbocycles. The van der Waals surface area contributed by atoms with Crippen LogP contribution in [0.15, 0.2) is 18.2 Å². The highest BCUT2D eigenvalue weighted by Gasteiger charge is 2.27. The molecule has 1 heterocycles. The van der Waals surface area contributed by atoms with Gasteiger partial charge in [-0.05, 0) is 25.1 Å². The molecule has 1 aromatic rings. The van der Waals surface area contributed by atoms with Crippen LogP contribution in [0, 0.1) is 0 Å². The van der Waals surface area contributed by atoms with Gasteiger partial charge in [0.1, 0.15) is 5.38 Å². The Morgan fingerprint density at radius 1 is 1.10 bits per heavy atom. The molecule has 1 fully saturated rings. The third-order valence-electron chi connectivity index (χ3n) is 3.38. The van der Waals surface area contributed by atoms with Gasteiger partial charge in [-0.1, -0.05) is 23.2 Å². The van der Waals surface area contributed by atoms with E-state index in [2.05, 4.69) is 0 Å². The van der Waals surface area contributed by atoms with Crippen molar-refractivity contribution >= 4 is 46.6 Å². The minimum atomic E-state index is -0.547. The lowest BCUT2D eigenvalue weighted by molar-refractivity contribution is -0.131. The highest BCUT2D eigenvalue weighted by molar-refractivity contribution is 6.35. The normalized spacial score (nSPS) is 16.8. The molecule has 0 bridgehead atoms. The standard InChI is InChI=1S/C14H15Cl3N2O2/c1-9(15)13(20)18-4-6-19(7-5-18)14(21)11-8-10(16)2-3-12(11)17/h2-3,8-9H,4-7H2,1H3. The molecule has 0 aromatic heterocycles. The maximum atomic E-state index is 12.4. The highest BCUT2D eigenvalue weighted by Crippen LogP contribution is 2.22. The van der Waals surface area contributed by atoms with Crippen molar-refractivity contribution in [1.29, 1.82) is 0 Å². The zero-order valence-corrected chi connectivity index (χ0v) is 13.8. The van der Waals surface area contributed by atoms with Crippen LogP contribution in [0.3, 0.4) is 0 Å². The van der Waals surface area contributed by atoms with Gasteiger partial charge in [0.2, 0.25) is 5.91 Å². The van der Waals surface area contributed by atoms with Gasteiger partial charge in [0.25, 0.3) is 5.91 Å². The number of rotatable bonds is 2. The third-order valence-corrected chi connectivity index (χ3v) is 4.13. The number of piperazine rings is 1. The summed E-state index contributed by atoms with van der Waals surface area (Å²) in [7, 11) is 0. The fourth-order valence-corrected chi connectivity index (χ4v) is 2.72. The Morgan fingerprint density at radius 2 is 1.67 bits per heavy atom. The Hall–Kier alpha value is -0.970. The van der Waals surface area contributed by atoms with Gasteiger partial charge in [0.15, 0.2) is 0 Å². The van der Waals surface area contributed by atoms with Crippen LogP contribution in [0.1, 0.15) is 17.3 Å². The molecule has 0 saturated carbocycles. The summed E-state index contributed by atoms with van der Waals surface area (Å²) >= 11 is 17.7. The molecule has 1 saturated heterocycles. The molecule has 7 heteroatoms. The number of halogens is 3. The van der Waals surface area contributed by atoms with E-state index in [-0.39, 0.29) is 11.8 Å². The van der Waals surface area contributed by atoms with E-state index in [9.17, 15) is 9.59 Å². The van der Waals surface area contributed by atoms with Gasteiger partial charge in [-0.25, -0.2) is 0 Å². The van der Waals surface area contributed by atoms with E-state index in [1.807, 2.05) is 0 Å². The van der Waals surface area contributed by atoms with Crippen molar-refractivity contribution < 1.29 is 9.59 Å². The second-order valence-corrected chi connectivity index (χ2v) is 6.36. The number of nitrogens with zero attached hydrogens (tertiary/aromatic N) is 2. The molecule has 0 N–H and O–H groups in total. The maximum absolute atomic E-state index is 12.4. The number of carbonyl (C=O) groups is 2. The van der Waals surface area contributed by atoms with Gasteiger partial charge < -0.3 is 9.80 Å². The lowest BCUT2D eigenvalue weighted by atomic mass is 10.1. The Morgan fingerprint density at radius 3 is 2.24 bits per heavy atom. The summed E-state index contributed by atoms with van der Waals surface area (Å²) in [5, 5.41) is 0.291. The van der Waals surface area contributed by atoms with Crippen LogP contribution in [-0.4, -0.2) is 53.2 Å². The van der Waals surface area contributed by atoms with Crippen LogP contribution in [0.5, 0.6) is 0 Å². The Bertz CT molecular complexity index is 555. The molecule has 1 atom stereocenters. The van der Waals surface area contributed by atoms with Gasteiger partial charge in [-0.3, -0.25) is 9.59 Å². The summed E-state index contributed by atoms with van der Waals surface area (Å²) in [6, 6.07) is 4.80. The molecular formula is C14H15Cl3N2O2. The largest absolute Gasteiger partial charge is 0.338 e. The van der Waals surface area contributed by atoms with Crippen LogP contribution in [0.2, 0.25) is 10.0 Å². The molecule has 0 radical (unpaired) electrons. The fourth-order valence-electron chi connectivity index (χ4n) is 2.21. The van der Waals surface area contributed by atoms with Gasteiger partial charge in [0, 0.05) is 31.2 Å². The summed E-state index contributed by atoms with van der Waals surface area (Å²) in [6.07, 6.45) is 0. The number of benzene rings is 1. The van der Waals surface area contributed by atoms with Crippen LogP contribution >= 0.6 is 34.8 Å². The van der Waals surface area contributed by atoms with E-state index in [0.717, 1.165) is 0 Å². The van der Waals surface area contributed by atoms with E-state index >= 15 is 0 Å². The Balaban J connectivity index is 2.03. The molecule has 114 valence electrons. The monoisotopic (exact) mass is 348 g/mol. The van der Waals surface area contributed by atoms with E-state index < -0.39 is 5.38 Å². The van der Waals surface area contributed by atoms with Crippen molar-refractivity contribution in [1.82, 2.24) is 9.80 Å². The van der Waals surface area contributed by atoms with E-state index in [4.69, 9.17) is 34.8 Å². The van der Waals surface area contributed by atoms with Crippen molar-refractivity contribution in [3.05, 3.63) is 33.8 Å². The van der Waals surface area contributed by atoms with E-state index in [1.54, 1.807) is 34.9 Å². The second kappa shape index (κ2) is 6.86. The highest BCUT2D eigenvalue weighted by atomic mass is 35.5. The Labute approximate surface area is 138 Å². The van der Waals surface area contributed by atoms with Crippen molar-refractivity contribution in [3.63, 3.8) is 0 Å². The predicted octanol–water partition coefficient (Wildman–Crippen LogP) is 2.91. The number of hydrogen-bond donors (Lipinski definition) is 0. The first kappa shape index (κ1) is 16.4. The summed E-state index contributed by atoms with van der Waals surface area (Å²) in [5.41, 5.74) is 0.384. The molecule has 0 spiro atoms.